The van der Waals surface area contributed by atoms with Crippen molar-refractivity contribution in [1.82, 2.24) is 10.6 Å². The summed E-state index contributed by atoms with van der Waals surface area (Å²) in [6.07, 6.45) is 0. The average molecular weight is 312 g/mol. The molecular formula is C19H24N2O2. The molecule has 4 heteroatoms. The SMILES string of the molecule is Cc1ccc(OCCNC(=O)NCc2ccccc2C)cc1C. The summed E-state index contributed by atoms with van der Waals surface area (Å²) in [5.41, 5.74) is 4.73. The molecule has 0 fully saturated rings. The highest BCUT2D eigenvalue weighted by molar-refractivity contribution is 5.73. The lowest BCUT2D eigenvalue weighted by Crippen LogP contribution is -2.37. The second-order valence-electron chi connectivity index (χ2n) is 5.63. The third-order valence-electron chi connectivity index (χ3n) is 3.84. The fourth-order valence-corrected chi connectivity index (χ4v) is 2.18. The van der Waals surface area contributed by atoms with Crippen LogP contribution >= 0.6 is 0 Å². The van der Waals surface area contributed by atoms with Crippen LogP contribution in [0, 0.1) is 20.8 Å². The van der Waals surface area contributed by atoms with E-state index >= 15 is 0 Å². The first-order chi connectivity index (χ1) is 11.1. The van der Waals surface area contributed by atoms with Crippen LogP contribution < -0.4 is 15.4 Å². The van der Waals surface area contributed by atoms with Crippen LogP contribution in [0.2, 0.25) is 0 Å². The Hall–Kier alpha value is -2.49. The van der Waals surface area contributed by atoms with Crippen LogP contribution in [-0.2, 0) is 6.54 Å². The summed E-state index contributed by atoms with van der Waals surface area (Å²) >= 11 is 0. The quantitative estimate of drug-likeness (QED) is 0.802. The number of aryl methyl sites for hydroxylation is 3. The Bertz CT molecular complexity index is 668. The molecule has 0 unspecified atom stereocenters. The van der Waals surface area contributed by atoms with Crippen molar-refractivity contribution in [2.75, 3.05) is 13.2 Å². The van der Waals surface area contributed by atoms with Gasteiger partial charge in [0.15, 0.2) is 0 Å². The van der Waals surface area contributed by atoms with Gasteiger partial charge >= 0.3 is 6.03 Å². The molecular weight excluding hydrogens is 288 g/mol. The van der Waals surface area contributed by atoms with Crippen molar-refractivity contribution in [2.24, 2.45) is 0 Å². The molecule has 2 rings (SSSR count). The maximum Gasteiger partial charge on any atom is 0.315 e. The topological polar surface area (TPSA) is 50.4 Å². The number of urea groups is 1. The predicted octanol–water partition coefficient (Wildman–Crippen LogP) is 3.49. The van der Waals surface area contributed by atoms with Gasteiger partial charge in [0.25, 0.3) is 0 Å². The zero-order valence-electron chi connectivity index (χ0n) is 14.0. The summed E-state index contributed by atoms with van der Waals surface area (Å²) in [6.45, 7) is 7.59. The van der Waals surface area contributed by atoms with E-state index in [1.54, 1.807) is 0 Å². The summed E-state index contributed by atoms with van der Waals surface area (Å²) in [5, 5.41) is 5.64. The van der Waals surface area contributed by atoms with Gasteiger partial charge in [-0.1, -0.05) is 30.3 Å². The summed E-state index contributed by atoms with van der Waals surface area (Å²) in [4.78, 5) is 11.8. The number of hydrogen-bond acceptors (Lipinski definition) is 2. The number of carbonyl (C=O) groups excluding carboxylic acids is 1. The van der Waals surface area contributed by atoms with E-state index in [0.29, 0.717) is 19.7 Å². The van der Waals surface area contributed by atoms with Crippen molar-refractivity contribution in [1.29, 1.82) is 0 Å². The summed E-state index contributed by atoms with van der Waals surface area (Å²) in [6, 6.07) is 13.8. The van der Waals surface area contributed by atoms with Crippen LogP contribution in [-0.4, -0.2) is 19.2 Å². The first kappa shape index (κ1) is 16.9. The van der Waals surface area contributed by atoms with Crippen LogP contribution in [0.25, 0.3) is 0 Å². The number of benzene rings is 2. The third-order valence-corrected chi connectivity index (χ3v) is 3.84. The van der Waals surface area contributed by atoms with Crippen LogP contribution in [0.4, 0.5) is 4.79 Å². The predicted molar refractivity (Wildman–Crippen MR) is 92.8 cm³/mol. The summed E-state index contributed by atoms with van der Waals surface area (Å²) in [5.74, 6) is 0.829. The smallest absolute Gasteiger partial charge is 0.315 e. The standard InChI is InChI=1S/C19H24N2O2/c1-14-8-9-18(12-16(14)3)23-11-10-20-19(22)21-13-17-7-5-4-6-15(17)2/h4-9,12H,10-11,13H2,1-3H3,(H2,20,21,22). The molecule has 0 heterocycles. The summed E-state index contributed by atoms with van der Waals surface area (Å²) < 4.78 is 5.63. The van der Waals surface area contributed by atoms with E-state index in [-0.39, 0.29) is 6.03 Å². The maximum absolute atomic E-state index is 11.8. The zero-order chi connectivity index (χ0) is 16.7. The number of carbonyl (C=O) groups is 1. The van der Waals surface area contributed by atoms with Gasteiger partial charge in [-0.05, 0) is 55.2 Å². The molecule has 2 aromatic carbocycles. The van der Waals surface area contributed by atoms with Crippen LogP contribution in [0.3, 0.4) is 0 Å². The molecule has 2 N–H and O–H groups in total. The molecule has 0 aromatic heterocycles. The Balaban J connectivity index is 1.67. The molecule has 2 aromatic rings. The highest BCUT2D eigenvalue weighted by Gasteiger charge is 2.02. The van der Waals surface area contributed by atoms with Crippen molar-refractivity contribution < 1.29 is 9.53 Å². The van der Waals surface area contributed by atoms with Gasteiger partial charge in [-0.25, -0.2) is 4.79 Å². The molecule has 0 saturated heterocycles. The molecule has 0 bridgehead atoms. The normalized spacial score (nSPS) is 10.2. The second-order valence-corrected chi connectivity index (χ2v) is 5.63. The number of ether oxygens (including phenoxy) is 1. The van der Waals surface area contributed by atoms with Gasteiger partial charge in [-0.2, -0.15) is 0 Å². The van der Waals surface area contributed by atoms with Crippen LogP contribution in [0.5, 0.6) is 5.75 Å². The van der Waals surface area contributed by atoms with E-state index in [0.717, 1.165) is 11.3 Å². The molecule has 0 radical (unpaired) electrons. The minimum absolute atomic E-state index is 0.183. The van der Waals surface area contributed by atoms with Crippen molar-refractivity contribution in [3.8, 4) is 5.75 Å². The Labute approximate surface area is 137 Å². The zero-order valence-corrected chi connectivity index (χ0v) is 14.0. The lowest BCUT2D eigenvalue weighted by molar-refractivity contribution is 0.236. The number of rotatable bonds is 6. The maximum atomic E-state index is 11.8. The molecule has 122 valence electrons. The van der Waals surface area contributed by atoms with E-state index in [2.05, 4.69) is 24.5 Å². The molecule has 2 amide bonds. The first-order valence-electron chi connectivity index (χ1n) is 7.82. The van der Waals surface area contributed by atoms with Crippen molar-refractivity contribution in [3.05, 3.63) is 64.7 Å². The molecule has 0 aliphatic carbocycles. The van der Waals surface area contributed by atoms with Crippen LogP contribution in [0.1, 0.15) is 22.3 Å². The minimum atomic E-state index is -0.183. The summed E-state index contributed by atoms with van der Waals surface area (Å²) in [7, 11) is 0. The molecule has 4 nitrogen and oxygen atoms in total. The van der Waals surface area contributed by atoms with Crippen molar-refractivity contribution >= 4 is 6.03 Å². The fourth-order valence-electron chi connectivity index (χ4n) is 2.18. The molecule has 0 atom stereocenters. The van der Waals surface area contributed by atoms with Gasteiger partial charge in [-0.3, -0.25) is 0 Å². The highest BCUT2D eigenvalue weighted by atomic mass is 16.5. The Morgan fingerprint density at radius 2 is 1.74 bits per heavy atom. The third kappa shape index (κ3) is 5.33. The van der Waals surface area contributed by atoms with Gasteiger partial charge < -0.3 is 15.4 Å². The Morgan fingerprint density at radius 3 is 2.48 bits per heavy atom. The van der Waals surface area contributed by atoms with Gasteiger partial charge in [0.05, 0.1) is 6.54 Å². The number of amides is 2. The Morgan fingerprint density at radius 1 is 0.957 bits per heavy atom. The van der Waals surface area contributed by atoms with E-state index in [9.17, 15) is 4.79 Å². The number of nitrogens with one attached hydrogen (secondary N) is 2. The first-order valence-corrected chi connectivity index (χ1v) is 7.82. The van der Waals surface area contributed by atoms with Gasteiger partial charge in [0.1, 0.15) is 12.4 Å². The molecule has 0 aliphatic rings. The number of hydrogen-bond donors (Lipinski definition) is 2. The van der Waals surface area contributed by atoms with Gasteiger partial charge in [0, 0.05) is 6.54 Å². The van der Waals surface area contributed by atoms with Gasteiger partial charge in [0.2, 0.25) is 0 Å². The molecule has 23 heavy (non-hydrogen) atoms. The Kier molecular flexibility index (Phi) is 6.03. The van der Waals surface area contributed by atoms with Crippen LogP contribution in [0.15, 0.2) is 42.5 Å². The fraction of sp³-hybridized carbons (Fsp3) is 0.316. The lowest BCUT2D eigenvalue weighted by Gasteiger charge is -2.11. The van der Waals surface area contributed by atoms with E-state index in [4.69, 9.17) is 4.74 Å². The molecule has 0 aliphatic heterocycles. The van der Waals surface area contributed by atoms with Gasteiger partial charge in [-0.15, -0.1) is 0 Å². The molecule has 0 spiro atoms. The highest BCUT2D eigenvalue weighted by Crippen LogP contribution is 2.16. The average Bonchev–Trinajstić information content (AvgIpc) is 2.54. The second kappa shape index (κ2) is 8.22. The molecule has 0 saturated carbocycles. The van der Waals surface area contributed by atoms with E-state index in [1.807, 2.05) is 49.4 Å². The monoisotopic (exact) mass is 312 g/mol. The minimum Gasteiger partial charge on any atom is -0.492 e. The van der Waals surface area contributed by atoms with Crippen molar-refractivity contribution in [3.63, 3.8) is 0 Å². The van der Waals surface area contributed by atoms with E-state index in [1.165, 1.54) is 16.7 Å². The lowest BCUT2D eigenvalue weighted by atomic mass is 10.1. The van der Waals surface area contributed by atoms with Crippen molar-refractivity contribution in [2.45, 2.75) is 27.3 Å². The largest absolute Gasteiger partial charge is 0.492 e. The van der Waals surface area contributed by atoms with E-state index < -0.39 is 0 Å².